The molecule has 128 valence electrons. The molecule has 9 heteroatoms. The number of esters is 1. The van der Waals surface area contributed by atoms with Crippen LogP contribution in [0.15, 0.2) is 20.2 Å². The van der Waals surface area contributed by atoms with Crippen molar-refractivity contribution in [2.45, 2.75) is 32.7 Å². The van der Waals surface area contributed by atoms with Gasteiger partial charge in [-0.3, -0.25) is 18.6 Å². The number of ether oxygens (including phenoxy) is 1. The molecule has 0 radical (unpaired) electrons. The van der Waals surface area contributed by atoms with Crippen LogP contribution in [-0.2, 0) is 28.5 Å². The van der Waals surface area contributed by atoms with E-state index >= 15 is 0 Å². The zero-order valence-electron chi connectivity index (χ0n) is 14.1. The van der Waals surface area contributed by atoms with Crippen molar-refractivity contribution >= 4 is 23.0 Å². The fourth-order valence-electron chi connectivity index (χ4n) is 2.43. The number of nitrogens with zero attached hydrogens (tertiary/aromatic N) is 4. The second kappa shape index (κ2) is 5.08. The van der Waals surface area contributed by atoms with Crippen molar-refractivity contribution in [1.82, 2.24) is 18.5 Å². The van der Waals surface area contributed by atoms with Crippen LogP contribution >= 0.6 is 0 Å². The lowest BCUT2D eigenvalue weighted by Crippen LogP contribution is -2.41. The maximum Gasteiger partial charge on any atom is 0.333 e. The Labute approximate surface area is 136 Å². The predicted octanol–water partition coefficient (Wildman–Crippen LogP) is 0.411. The Hall–Kier alpha value is -2.84. The highest BCUT2D eigenvalue weighted by molar-refractivity contribution is 5.75. The number of imidazole rings is 1. The third kappa shape index (κ3) is 2.24. The van der Waals surface area contributed by atoms with Crippen molar-refractivity contribution in [3.8, 4) is 0 Å². The Balaban J connectivity index is 2.38. The zero-order chi connectivity index (χ0) is 17.8. The van der Waals surface area contributed by atoms with Gasteiger partial charge >= 0.3 is 17.5 Å². The molecule has 0 saturated heterocycles. The maximum absolute atomic E-state index is 12.7. The molecule has 3 aromatic heterocycles. The van der Waals surface area contributed by atoms with E-state index in [1.807, 2.05) is 20.8 Å². The maximum atomic E-state index is 12.7. The van der Waals surface area contributed by atoms with Crippen molar-refractivity contribution in [3.05, 3.63) is 32.8 Å². The predicted molar refractivity (Wildman–Crippen MR) is 85.2 cm³/mol. The van der Waals surface area contributed by atoms with E-state index in [0.29, 0.717) is 5.76 Å². The van der Waals surface area contributed by atoms with E-state index in [4.69, 9.17) is 4.42 Å². The summed E-state index contributed by atoms with van der Waals surface area (Å²) in [5.41, 5.74) is -1.15. The number of carbonyl (C=O) groups is 1. The van der Waals surface area contributed by atoms with Gasteiger partial charge in [0.05, 0.1) is 13.3 Å². The lowest BCUT2D eigenvalue weighted by molar-refractivity contribution is -0.141. The SMILES string of the molecule is COC(=O)Cn1c(=O)c2c(nc3oc(C(C)(C)C)cn32)n(C)c1=O. The normalized spacial score (nSPS) is 12.2. The number of rotatable bonds is 2. The molecule has 0 aliphatic heterocycles. The standard InChI is InChI=1S/C15H18N4O5/c1-15(2,3)8-6-18-10-11(16-13(18)24-8)17(4)14(22)19(12(10)21)7-9(20)23-5/h6H,7H2,1-5H3. The highest BCUT2D eigenvalue weighted by Gasteiger charge is 2.24. The first kappa shape index (κ1) is 16.0. The van der Waals surface area contributed by atoms with Gasteiger partial charge < -0.3 is 9.15 Å². The third-order valence-corrected chi connectivity index (χ3v) is 3.85. The van der Waals surface area contributed by atoms with Crippen LogP contribution in [-0.4, -0.2) is 31.6 Å². The lowest BCUT2D eigenvalue weighted by atomic mass is 9.94. The summed E-state index contributed by atoms with van der Waals surface area (Å²) < 4.78 is 13.8. The number of hydrogen-bond donors (Lipinski definition) is 0. The molecule has 0 saturated carbocycles. The topological polar surface area (TPSA) is 101 Å². The number of fused-ring (bicyclic) bond motifs is 3. The summed E-state index contributed by atoms with van der Waals surface area (Å²) in [6, 6.07) is 0. The fourth-order valence-corrected chi connectivity index (χ4v) is 2.43. The molecule has 0 unspecified atom stereocenters. The average molecular weight is 334 g/mol. The molecule has 0 aromatic carbocycles. The van der Waals surface area contributed by atoms with E-state index in [1.54, 1.807) is 6.20 Å². The van der Waals surface area contributed by atoms with Crippen LogP contribution in [0.5, 0.6) is 0 Å². The summed E-state index contributed by atoms with van der Waals surface area (Å²) in [7, 11) is 2.67. The molecule has 3 rings (SSSR count). The Kier molecular flexibility index (Phi) is 3.40. The van der Waals surface area contributed by atoms with E-state index in [-0.39, 0.29) is 22.4 Å². The highest BCUT2D eigenvalue weighted by atomic mass is 16.5. The Morgan fingerprint density at radius 3 is 2.58 bits per heavy atom. The van der Waals surface area contributed by atoms with E-state index in [1.165, 1.54) is 23.1 Å². The molecule has 0 aliphatic rings. The average Bonchev–Trinajstić information content (AvgIpc) is 3.06. The van der Waals surface area contributed by atoms with Crippen molar-refractivity contribution in [2.75, 3.05) is 7.11 Å². The van der Waals surface area contributed by atoms with Crippen molar-refractivity contribution in [2.24, 2.45) is 7.05 Å². The van der Waals surface area contributed by atoms with Gasteiger partial charge in [-0.05, 0) is 0 Å². The molecular weight excluding hydrogens is 316 g/mol. The van der Waals surface area contributed by atoms with Gasteiger partial charge in [-0.1, -0.05) is 20.8 Å². The number of oxazole rings is 1. The quantitative estimate of drug-likeness (QED) is 0.629. The van der Waals surface area contributed by atoms with Crippen LogP contribution in [0.25, 0.3) is 17.0 Å². The van der Waals surface area contributed by atoms with E-state index in [9.17, 15) is 14.4 Å². The molecular formula is C15H18N4O5. The van der Waals surface area contributed by atoms with E-state index in [0.717, 1.165) is 4.57 Å². The van der Waals surface area contributed by atoms with Crippen molar-refractivity contribution in [3.63, 3.8) is 0 Å². The molecule has 0 N–H and O–H groups in total. The minimum Gasteiger partial charge on any atom is -0.468 e. The minimum absolute atomic E-state index is 0.176. The lowest BCUT2D eigenvalue weighted by Gasteiger charge is -2.13. The highest BCUT2D eigenvalue weighted by Crippen LogP contribution is 2.26. The smallest absolute Gasteiger partial charge is 0.333 e. The first-order chi connectivity index (χ1) is 11.1. The Morgan fingerprint density at radius 1 is 1.33 bits per heavy atom. The number of hydrogen-bond acceptors (Lipinski definition) is 6. The molecule has 0 fully saturated rings. The second-order valence-corrected chi connectivity index (χ2v) is 6.59. The summed E-state index contributed by atoms with van der Waals surface area (Å²) in [5, 5.41) is 0. The third-order valence-electron chi connectivity index (χ3n) is 3.85. The van der Waals surface area contributed by atoms with Gasteiger partial charge in [0.1, 0.15) is 12.3 Å². The Bertz CT molecular complexity index is 1070. The molecule has 0 spiro atoms. The summed E-state index contributed by atoms with van der Waals surface area (Å²) in [5.74, 6) is 0.189. The van der Waals surface area contributed by atoms with Crippen molar-refractivity contribution in [1.29, 1.82) is 0 Å². The molecule has 3 aromatic rings. The van der Waals surface area contributed by atoms with Crippen LogP contribution < -0.4 is 11.2 Å². The van der Waals surface area contributed by atoms with Crippen LogP contribution in [0.1, 0.15) is 26.5 Å². The number of methoxy groups -OCH3 is 1. The number of carbonyl (C=O) groups excluding carboxylic acids is 1. The van der Waals surface area contributed by atoms with E-state index in [2.05, 4.69) is 9.72 Å². The fraction of sp³-hybridized carbons (Fsp3) is 0.467. The molecule has 0 bridgehead atoms. The van der Waals surface area contributed by atoms with Gasteiger partial charge in [0, 0.05) is 12.5 Å². The molecule has 0 atom stereocenters. The molecule has 24 heavy (non-hydrogen) atoms. The second-order valence-electron chi connectivity index (χ2n) is 6.59. The van der Waals surface area contributed by atoms with Gasteiger partial charge in [0.15, 0.2) is 11.2 Å². The number of aromatic nitrogens is 4. The molecule has 9 nitrogen and oxygen atoms in total. The van der Waals surface area contributed by atoms with Crippen LogP contribution in [0.4, 0.5) is 0 Å². The summed E-state index contributed by atoms with van der Waals surface area (Å²) in [6.45, 7) is 5.45. The van der Waals surface area contributed by atoms with Gasteiger partial charge in [-0.2, -0.15) is 4.98 Å². The first-order valence-electron chi connectivity index (χ1n) is 7.34. The van der Waals surface area contributed by atoms with Crippen molar-refractivity contribution < 1.29 is 13.9 Å². The summed E-state index contributed by atoms with van der Waals surface area (Å²) in [4.78, 5) is 40.8. The molecule has 3 heterocycles. The summed E-state index contributed by atoms with van der Waals surface area (Å²) in [6.07, 6.45) is 1.68. The van der Waals surface area contributed by atoms with Crippen LogP contribution in [0, 0.1) is 0 Å². The van der Waals surface area contributed by atoms with Gasteiger partial charge in [0.25, 0.3) is 5.56 Å². The minimum atomic E-state index is -0.683. The van der Waals surface area contributed by atoms with Gasteiger partial charge in [0.2, 0.25) is 0 Å². The Morgan fingerprint density at radius 2 is 2.00 bits per heavy atom. The zero-order valence-corrected chi connectivity index (χ0v) is 14.1. The number of aryl methyl sites for hydroxylation is 1. The van der Waals surface area contributed by atoms with Gasteiger partial charge in [-0.25, -0.2) is 9.36 Å². The summed E-state index contributed by atoms with van der Waals surface area (Å²) >= 11 is 0. The monoisotopic (exact) mass is 334 g/mol. The van der Waals surface area contributed by atoms with E-state index < -0.39 is 23.8 Å². The largest absolute Gasteiger partial charge is 0.468 e. The molecule has 0 amide bonds. The molecule has 0 aliphatic carbocycles. The first-order valence-corrected chi connectivity index (χ1v) is 7.34. The van der Waals surface area contributed by atoms with Crippen LogP contribution in [0.2, 0.25) is 0 Å². The van der Waals surface area contributed by atoms with Crippen LogP contribution in [0.3, 0.4) is 0 Å². The van der Waals surface area contributed by atoms with Gasteiger partial charge in [-0.15, -0.1) is 0 Å².